The average Bonchev–Trinajstić information content (AvgIpc) is 2.51. The number of carbonyl (C=O) groups excluding carboxylic acids is 3. The predicted molar refractivity (Wildman–Crippen MR) is 98.8 cm³/mol. The zero-order valence-corrected chi connectivity index (χ0v) is 16.8. The SMILES string of the molecule is CC(C)OC(=O)[C@@H]1C(=O)C[C@](C)(O)[C@@H](C(=O)OC(C)C)[C@H]1c1cccc(F)c1. The Morgan fingerprint density at radius 3 is 2.25 bits per heavy atom. The minimum Gasteiger partial charge on any atom is -0.463 e. The molecule has 0 aliphatic heterocycles. The lowest BCUT2D eigenvalue weighted by Crippen LogP contribution is -2.55. The van der Waals surface area contributed by atoms with Crippen LogP contribution in [0.4, 0.5) is 4.39 Å². The summed E-state index contributed by atoms with van der Waals surface area (Å²) >= 11 is 0. The molecule has 154 valence electrons. The van der Waals surface area contributed by atoms with E-state index in [0.29, 0.717) is 0 Å². The minimum atomic E-state index is -1.76. The van der Waals surface area contributed by atoms with Crippen molar-refractivity contribution in [1.29, 1.82) is 0 Å². The first-order valence-electron chi connectivity index (χ1n) is 9.35. The maximum Gasteiger partial charge on any atom is 0.317 e. The number of rotatable bonds is 5. The summed E-state index contributed by atoms with van der Waals surface area (Å²) in [6, 6.07) is 5.32. The van der Waals surface area contributed by atoms with Crippen LogP contribution in [0.25, 0.3) is 0 Å². The fraction of sp³-hybridized carbons (Fsp3) is 0.571. The van der Waals surface area contributed by atoms with Gasteiger partial charge in [0.15, 0.2) is 5.78 Å². The van der Waals surface area contributed by atoms with Crippen LogP contribution in [0.15, 0.2) is 24.3 Å². The van der Waals surface area contributed by atoms with Crippen molar-refractivity contribution in [3.8, 4) is 0 Å². The Morgan fingerprint density at radius 2 is 1.71 bits per heavy atom. The van der Waals surface area contributed by atoms with Crippen molar-refractivity contribution in [1.82, 2.24) is 0 Å². The molecule has 7 heteroatoms. The smallest absolute Gasteiger partial charge is 0.317 e. The number of Topliss-reactive ketones (excluding diaryl/α,β-unsaturated/α-hetero) is 1. The molecular formula is C21H27FO6. The highest BCUT2D eigenvalue weighted by atomic mass is 19.1. The van der Waals surface area contributed by atoms with Gasteiger partial charge in [-0.2, -0.15) is 0 Å². The third-order valence-electron chi connectivity index (χ3n) is 4.71. The number of ether oxygens (including phenoxy) is 2. The summed E-state index contributed by atoms with van der Waals surface area (Å²) < 4.78 is 24.4. The van der Waals surface area contributed by atoms with Gasteiger partial charge in [0.1, 0.15) is 11.7 Å². The minimum absolute atomic E-state index is 0.254. The Balaban J connectivity index is 2.61. The van der Waals surface area contributed by atoms with Crippen LogP contribution in [0.5, 0.6) is 0 Å². The number of esters is 2. The summed E-state index contributed by atoms with van der Waals surface area (Å²) in [5.41, 5.74) is -1.50. The molecule has 1 N–H and O–H groups in total. The number of halogens is 1. The molecule has 0 heterocycles. The zero-order chi connectivity index (χ0) is 21.2. The van der Waals surface area contributed by atoms with E-state index in [4.69, 9.17) is 9.47 Å². The number of carbonyl (C=O) groups is 3. The molecule has 1 aromatic rings. The number of hydrogen-bond acceptors (Lipinski definition) is 6. The van der Waals surface area contributed by atoms with Crippen LogP contribution in [0.2, 0.25) is 0 Å². The second-order valence-electron chi connectivity index (χ2n) is 8.01. The molecule has 0 spiro atoms. The normalized spacial score (nSPS) is 27.8. The van der Waals surface area contributed by atoms with Crippen molar-refractivity contribution in [3.63, 3.8) is 0 Å². The third kappa shape index (κ3) is 4.76. The third-order valence-corrected chi connectivity index (χ3v) is 4.71. The maximum atomic E-state index is 13.9. The molecule has 2 rings (SSSR count). The van der Waals surface area contributed by atoms with Crippen molar-refractivity contribution in [2.45, 2.75) is 64.8 Å². The second kappa shape index (κ2) is 8.39. The van der Waals surface area contributed by atoms with E-state index < -0.39 is 65.5 Å². The van der Waals surface area contributed by atoms with Crippen molar-refractivity contribution < 1.29 is 33.4 Å². The lowest BCUT2D eigenvalue weighted by Gasteiger charge is -2.44. The molecule has 28 heavy (non-hydrogen) atoms. The van der Waals surface area contributed by atoms with Crippen molar-refractivity contribution >= 4 is 17.7 Å². The number of hydrogen-bond donors (Lipinski definition) is 1. The van der Waals surface area contributed by atoms with E-state index in [0.717, 1.165) is 6.07 Å². The van der Waals surface area contributed by atoms with Gasteiger partial charge in [-0.1, -0.05) is 12.1 Å². The lowest BCUT2D eigenvalue weighted by molar-refractivity contribution is -0.176. The molecule has 1 saturated carbocycles. The molecule has 0 aromatic heterocycles. The Bertz CT molecular complexity index is 747. The number of aliphatic hydroxyl groups is 1. The van der Waals surface area contributed by atoms with Crippen molar-refractivity contribution in [3.05, 3.63) is 35.6 Å². The second-order valence-corrected chi connectivity index (χ2v) is 8.01. The van der Waals surface area contributed by atoms with Crippen LogP contribution in [0, 0.1) is 17.7 Å². The van der Waals surface area contributed by atoms with Gasteiger partial charge in [0.2, 0.25) is 0 Å². The monoisotopic (exact) mass is 394 g/mol. The highest BCUT2D eigenvalue weighted by Gasteiger charge is 2.57. The molecule has 0 unspecified atom stereocenters. The van der Waals surface area contributed by atoms with Crippen LogP contribution in [0.3, 0.4) is 0 Å². The molecule has 0 saturated heterocycles. The van der Waals surface area contributed by atoms with Gasteiger partial charge in [-0.25, -0.2) is 4.39 Å². The van der Waals surface area contributed by atoms with Gasteiger partial charge >= 0.3 is 11.9 Å². The Morgan fingerprint density at radius 1 is 1.14 bits per heavy atom. The van der Waals surface area contributed by atoms with Gasteiger partial charge in [-0.3, -0.25) is 14.4 Å². The maximum absolute atomic E-state index is 13.9. The van der Waals surface area contributed by atoms with Crippen LogP contribution in [-0.2, 0) is 23.9 Å². The van der Waals surface area contributed by atoms with Gasteiger partial charge < -0.3 is 14.6 Å². The fourth-order valence-electron chi connectivity index (χ4n) is 3.74. The molecule has 4 atom stereocenters. The van der Waals surface area contributed by atoms with Crippen molar-refractivity contribution in [2.24, 2.45) is 11.8 Å². The molecule has 1 aliphatic carbocycles. The van der Waals surface area contributed by atoms with E-state index >= 15 is 0 Å². The first-order chi connectivity index (χ1) is 12.9. The molecular weight excluding hydrogens is 367 g/mol. The van der Waals surface area contributed by atoms with Gasteiger partial charge in [0, 0.05) is 12.3 Å². The molecule has 0 bridgehead atoms. The van der Waals surface area contributed by atoms with E-state index in [1.807, 2.05) is 0 Å². The van der Waals surface area contributed by atoms with Crippen LogP contribution >= 0.6 is 0 Å². The van der Waals surface area contributed by atoms with Crippen LogP contribution in [0.1, 0.15) is 52.5 Å². The largest absolute Gasteiger partial charge is 0.463 e. The average molecular weight is 394 g/mol. The standard InChI is InChI=1S/C21H27FO6/c1-11(2)27-19(24)17-15(23)10-21(5,26)18(20(25)28-12(3)4)16(17)13-7-6-8-14(22)9-13/h6-9,11-12,16-18,26H,10H2,1-5H3/t16-,17+,18+,21-/m0/s1. The molecule has 6 nitrogen and oxygen atoms in total. The van der Waals surface area contributed by atoms with Gasteiger partial charge in [-0.15, -0.1) is 0 Å². The molecule has 0 amide bonds. The highest BCUT2D eigenvalue weighted by molar-refractivity contribution is 6.02. The van der Waals surface area contributed by atoms with E-state index in [9.17, 15) is 23.9 Å². The first-order valence-corrected chi connectivity index (χ1v) is 9.35. The van der Waals surface area contributed by atoms with Crippen LogP contribution in [-0.4, -0.2) is 40.6 Å². The van der Waals surface area contributed by atoms with E-state index in [2.05, 4.69) is 0 Å². The number of ketones is 1. The summed E-state index contributed by atoms with van der Waals surface area (Å²) in [4.78, 5) is 38.4. The highest BCUT2D eigenvalue weighted by Crippen LogP contribution is 2.47. The van der Waals surface area contributed by atoms with Crippen molar-refractivity contribution in [2.75, 3.05) is 0 Å². The Kier molecular flexibility index (Phi) is 6.59. The van der Waals surface area contributed by atoms with E-state index in [1.165, 1.54) is 25.1 Å². The molecule has 1 fully saturated rings. The summed E-state index contributed by atoms with van der Waals surface area (Å²) in [5.74, 6) is -6.37. The zero-order valence-electron chi connectivity index (χ0n) is 16.8. The predicted octanol–water partition coefficient (Wildman–Crippen LogP) is 2.77. The number of benzene rings is 1. The molecule has 0 radical (unpaired) electrons. The summed E-state index contributed by atoms with van der Waals surface area (Å²) in [5, 5.41) is 10.9. The topological polar surface area (TPSA) is 89.9 Å². The molecule has 1 aliphatic rings. The Hall–Kier alpha value is -2.28. The fourth-order valence-corrected chi connectivity index (χ4v) is 3.74. The summed E-state index contributed by atoms with van der Waals surface area (Å²) in [6.45, 7) is 7.95. The Labute approximate surface area is 164 Å². The van der Waals surface area contributed by atoms with Gasteiger partial charge in [-0.05, 0) is 52.3 Å². The summed E-state index contributed by atoms with van der Waals surface area (Å²) in [6.07, 6.45) is -1.35. The van der Waals surface area contributed by atoms with Gasteiger partial charge in [0.25, 0.3) is 0 Å². The quantitative estimate of drug-likeness (QED) is 0.610. The first kappa shape index (κ1) is 22.0. The van der Waals surface area contributed by atoms with E-state index in [-0.39, 0.29) is 5.56 Å². The summed E-state index contributed by atoms with van der Waals surface area (Å²) in [7, 11) is 0. The molecule has 1 aromatic carbocycles. The van der Waals surface area contributed by atoms with Gasteiger partial charge in [0.05, 0.1) is 23.7 Å². The van der Waals surface area contributed by atoms with Crippen LogP contribution < -0.4 is 0 Å². The lowest BCUT2D eigenvalue weighted by atomic mass is 9.61. The van der Waals surface area contributed by atoms with E-state index in [1.54, 1.807) is 27.7 Å².